The quantitative estimate of drug-likeness (QED) is 0.742. The van der Waals surface area contributed by atoms with Crippen molar-refractivity contribution in [3.8, 4) is 11.3 Å². The van der Waals surface area contributed by atoms with Crippen molar-refractivity contribution in [1.29, 1.82) is 0 Å². The molecule has 1 saturated heterocycles. The Hall–Kier alpha value is -2.99. The van der Waals surface area contributed by atoms with E-state index in [1.807, 2.05) is 36.3 Å². The highest BCUT2D eigenvalue weighted by Crippen LogP contribution is 2.32. The number of piperidine rings is 1. The molecule has 0 unspecified atom stereocenters. The minimum absolute atomic E-state index is 0.382. The summed E-state index contributed by atoms with van der Waals surface area (Å²) >= 11 is 0. The number of rotatable bonds is 5. The van der Waals surface area contributed by atoms with Crippen molar-refractivity contribution in [3.05, 3.63) is 71.7 Å². The van der Waals surface area contributed by atoms with Gasteiger partial charge in [-0.15, -0.1) is 0 Å². The molecule has 1 aliphatic heterocycles. The Morgan fingerprint density at radius 2 is 1.96 bits per heavy atom. The van der Waals surface area contributed by atoms with Crippen molar-refractivity contribution >= 4 is 5.91 Å². The number of hydrogen-bond acceptors (Lipinski definition) is 4. The van der Waals surface area contributed by atoms with Crippen LogP contribution in [0, 0.1) is 0 Å². The van der Waals surface area contributed by atoms with Crippen LogP contribution in [0.15, 0.2) is 55.0 Å². The van der Waals surface area contributed by atoms with Crippen LogP contribution in [0.5, 0.6) is 0 Å². The second-order valence-corrected chi connectivity index (χ2v) is 7.42. The highest BCUT2D eigenvalue weighted by Gasteiger charge is 2.24. The first-order valence-electron chi connectivity index (χ1n) is 9.68. The number of nitrogens with zero attached hydrogens (tertiary/aromatic N) is 4. The van der Waals surface area contributed by atoms with Crippen molar-refractivity contribution < 1.29 is 4.79 Å². The molecular weight excluding hydrogens is 350 g/mol. The van der Waals surface area contributed by atoms with E-state index >= 15 is 0 Å². The maximum atomic E-state index is 11.2. The number of primary amides is 1. The summed E-state index contributed by atoms with van der Waals surface area (Å²) in [5.41, 5.74) is 10.2. The molecule has 28 heavy (non-hydrogen) atoms. The summed E-state index contributed by atoms with van der Waals surface area (Å²) in [6.07, 6.45) is 9.64. The van der Waals surface area contributed by atoms with Crippen LogP contribution in [0.3, 0.4) is 0 Å². The molecule has 3 aromatic rings. The summed E-state index contributed by atoms with van der Waals surface area (Å²) in [7, 11) is 1.95. The number of carbonyl (C=O) groups excluding carboxylic acids is 1. The van der Waals surface area contributed by atoms with Crippen LogP contribution in [0.2, 0.25) is 0 Å². The van der Waals surface area contributed by atoms with E-state index in [2.05, 4.69) is 33.3 Å². The maximum absolute atomic E-state index is 11.2. The average Bonchev–Trinajstić information content (AvgIpc) is 3.13. The molecule has 6 heteroatoms. The maximum Gasteiger partial charge on any atom is 0.248 e. The number of hydrogen-bond donors (Lipinski definition) is 1. The summed E-state index contributed by atoms with van der Waals surface area (Å²) in [6.45, 7) is 2.00. The third kappa shape index (κ3) is 3.97. The molecule has 1 aromatic carbocycles. The van der Waals surface area contributed by atoms with E-state index in [9.17, 15) is 4.79 Å². The highest BCUT2D eigenvalue weighted by molar-refractivity contribution is 5.93. The van der Waals surface area contributed by atoms with Gasteiger partial charge in [0, 0.05) is 48.7 Å². The second kappa shape index (κ2) is 7.94. The van der Waals surface area contributed by atoms with E-state index in [1.54, 1.807) is 12.1 Å². The second-order valence-electron chi connectivity index (χ2n) is 7.42. The smallest absolute Gasteiger partial charge is 0.248 e. The van der Waals surface area contributed by atoms with Gasteiger partial charge in [0.1, 0.15) is 0 Å². The summed E-state index contributed by atoms with van der Waals surface area (Å²) in [4.78, 5) is 18.4. The van der Waals surface area contributed by atoms with Crippen LogP contribution in [0.4, 0.5) is 0 Å². The highest BCUT2D eigenvalue weighted by atomic mass is 16.1. The lowest BCUT2D eigenvalue weighted by atomic mass is 9.95. The first-order chi connectivity index (χ1) is 13.6. The molecule has 4 rings (SSSR count). The van der Waals surface area contributed by atoms with E-state index in [4.69, 9.17) is 5.73 Å². The van der Waals surface area contributed by atoms with E-state index in [-0.39, 0.29) is 0 Å². The van der Waals surface area contributed by atoms with Crippen LogP contribution in [0.25, 0.3) is 11.3 Å². The SMILES string of the molecule is Cn1cc(CN2CCCC[C@H]2c2ccc(-c3ccc(C(N)=O)cc3)nc2)cn1. The van der Waals surface area contributed by atoms with Gasteiger partial charge in [0.2, 0.25) is 5.91 Å². The van der Waals surface area contributed by atoms with Gasteiger partial charge in [0.05, 0.1) is 11.9 Å². The number of carbonyl (C=O) groups is 1. The summed E-state index contributed by atoms with van der Waals surface area (Å²) < 4.78 is 1.86. The van der Waals surface area contributed by atoms with Crippen molar-refractivity contribution in [2.45, 2.75) is 31.8 Å². The van der Waals surface area contributed by atoms with Gasteiger partial charge < -0.3 is 5.73 Å². The fraction of sp³-hybridized carbons (Fsp3) is 0.318. The predicted molar refractivity (Wildman–Crippen MR) is 108 cm³/mol. The first kappa shape index (κ1) is 18.4. The predicted octanol–water partition coefficient (Wildman–Crippen LogP) is 3.31. The number of likely N-dealkylation sites (tertiary alicyclic amines) is 1. The van der Waals surface area contributed by atoms with Crippen molar-refractivity contribution in [1.82, 2.24) is 19.7 Å². The van der Waals surface area contributed by atoms with Gasteiger partial charge in [-0.2, -0.15) is 5.10 Å². The molecule has 0 bridgehead atoms. The number of amides is 1. The van der Waals surface area contributed by atoms with Crippen LogP contribution >= 0.6 is 0 Å². The molecule has 0 spiro atoms. The van der Waals surface area contributed by atoms with Crippen molar-refractivity contribution in [3.63, 3.8) is 0 Å². The van der Waals surface area contributed by atoms with Crippen LogP contribution < -0.4 is 5.73 Å². The summed E-state index contributed by atoms with van der Waals surface area (Å²) in [5.74, 6) is -0.416. The van der Waals surface area contributed by atoms with E-state index in [0.717, 1.165) is 30.8 Å². The molecule has 2 aromatic heterocycles. The van der Waals surface area contributed by atoms with Gasteiger partial charge in [-0.3, -0.25) is 19.4 Å². The Kier molecular flexibility index (Phi) is 5.21. The Balaban J connectivity index is 1.52. The molecule has 6 nitrogen and oxygen atoms in total. The van der Waals surface area contributed by atoms with Crippen molar-refractivity contribution in [2.24, 2.45) is 12.8 Å². The lowest BCUT2D eigenvalue weighted by Crippen LogP contribution is -2.32. The lowest BCUT2D eigenvalue weighted by molar-refractivity contribution is 0.100. The zero-order valence-electron chi connectivity index (χ0n) is 16.1. The Bertz CT molecular complexity index is 946. The largest absolute Gasteiger partial charge is 0.366 e. The standard InChI is InChI=1S/C22H25N5O/c1-26-14-16(12-25-26)15-27-11-3-2-4-21(27)19-9-10-20(24-13-19)17-5-7-18(8-6-17)22(23)28/h5-10,12-14,21H,2-4,11,15H2,1H3,(H2,23,28)/t21-/m0/s1. The third-order valence-electron chi connectivity index (χ3n) is 5.39. The summed E-state index contributed by atoms with van der Waals surface area (Å²) in [6, 6.07) is 11.9. The number of pyridine rings is 1. The molecule has 0 saturated carbocycles. The molecule has 1 fully saturated rings. The minimum atomic E-state index is -0.416. The Morgan fingerprint density at radius 3 is 2.61 bits per heavy atom. The number of aromatic nitrogens is 3. The molecular formula is C22H25N5O. The van der Waals surface area contributed by atoms with Gasteiger partial charge in [-0.05, 0) is 43.1 Å². The van der Waals surface area contributed by atoms with Gasteiger partial charge in [0.15, 0.2) is 0 Å². The Morgan fingerprint density at radius 1 is 1.14 bits per heavy atom. The van der Waals surface area contributed by atoms with Crippen LogP contribution in [-0.4, -0.2) is 32.1 Å². The monoisotopic (exact) mass is 375 g/mol. The zero-order chi connectivity index (χ0) is 19.5. The van der Waals surface area contributed by atoms with E-state index in [0.29, 0.717) is 11.6 Å². The average molecular weight is 375 g/mol. The number of aryl methyl sites for hydroxylation is 1. The van der Waals surface area contributed by atoms with Gasteiger partial charge >= 0.3 is 0 Å². The van der Waals surface area contributed by atoms with Crippen molar-refractivity contribution in [2.75, 3.05) is 6.54 Å². The molecule has 0 radical (unpaired) electrons. The Labute approximate surface area is 165 Å². The van der Waals surface area contributed by atoms with Gasteiger partial charge in [-0.25, -0.2) is 0 Å². The fourth-order valence-corrected chi connectivity index (χ4v) is 3.92. The summed E-state index contributed by atoms with van der Waals surface area (Å²) in [5, 5.41) is 4.29. The minimum Gasteiger partial charge on any atom is -0.366 e. The normalized spacial score (nSPS) is 17.5. The molecule has 0 aliphatic carbocycles. The molecule has 1 atom stereocenters. The number of nitrogens with two attached hydrogens (primary N) is 1. The van der Waals surface area contributed by atoms with Crippen LogP contribution in [0.1, 0.15) is 46.8 Å². The van der Waals surface area contributed by atoms with Gasteiger partial charge in [-0.1, -0.05) is 24.6 Å². The number of benzene rings is 1. The molecule has 1 amide bonds. The molecule has 2 N–H and O–H groups in total. The van der Waals surface area contributed by atoms with Crippen LogP contribution in [-0.2, 0) is 13.6 Å². The lowest BCUT2D eigenvalue weighted by Gasteiger charge is -2.35. The van der Waals surface area contributed by atoms with Gasteiger partial charge in [0.25, 0.3) is 0 Å². The fourth-order valence-electron chi connectivity index (χ4n) is 3.92. The molecule has 3 heterocycles. The molecule has 1 aliphatic rings. The van der Waals surface area contributed by atoms with E-state index in [1.165, 1.54) is 24.0 Å². The third-order valence-corrected chi connectivity index (χ3v) is 5.39. The topological polar surface area (TPSA) is 77.0 Å². The zero-order valence-corrected chi connectivity index (χ0v) is 16.1. The van der Waals surface area contributed by atoms with E-state index < -0.39 is 5.91 Å². The molecule has 144 valence electrons. The first-order valence-corrected chi connectivity index (χ1v) is 9.68.